The molecule has 1 unspecified atom stereocenters. The fourth-order valence-electron chi connectivity index (χ4n) is 4.70. The first-order valence-electron chi connectivity index (χ1n) is 10.4. The van der Waals surface area contributed by atoms with Gasteiger partial charge in [0.25, 0.3) is 5.78 Å². The number of ether oxygens (including phenoxy) is 2. The molecule has 3 aromatic rings. The van der Waals surface area contributed by atoms with Gasteiger partial charge < -0.3 is 9.47 Å². The zero-order valence-corrected chi connectivity index (χ0v) is 17.6. The number of hydrogen-bond acceptors (Lipinski definition) is 6. The number of thiophene rings is 1. The van der Waals surface area contributed by atoms with Crippen molar-refractivity contribution in [1.29, 1.82) is 0 Å². The lowest BCUT2D eigenvalue weighted by molar-refractivity contribution is -0.114. The SMILES string of the molecule is O=C1C(=O)N(CN2CCc3sccc3C2c2ccccc2)c2cc3c(cc21)OCCO3. The highest BCUT2D eigenvalue weighted by Crippen LogP contribution is 2.42. The Labute approximate surface area is 183 Å². The van der Waals surface area contributed by atoms with Crippen LogP contribution in [0.4, 0.5) is 5.69 Å². The lowest BCUT2D eigenvalue weighted by atomic mass is 9.93. The van der Waals surface area contributed by atoms with Crippen molar-refractivity contribution in [1.82, 2.24) is 4.90 Å². The minimum Gasteiger partial charge on any atom is -0.486 e. The van der Waals surface area contributed by atoms with Crippen LogP contribution in [0, 0.1) is 0 Å². The summed E-state index contributed by atoms with van der Waals surface area (Å²) >= 11 is 1.78. The van der Waals surface area contributed by atoms with Crippen LogP contribution in [-0.4, -0.2) is 43.0 Å². The molecule has 0 fully saturated rings. The first kappa shape index (κ1) is 18.6. The monoisotopic (exact) mass is 432 g/mol. The number of ketones is 1. The summed E-state index contributed by atoms with van der Waals surface area (Å²) in [5.74, 6) is 0.115. The van der Waals surface area contributed by atoms with Gasteiger partial charge in [0.2, 0.25) is 0 Å². The molecular weight excluding hydrogens is 412 g/mol. The second-order valence-corrected chi connectivity index (χ2v) is 8.89. The largest absolute Gasteiger partial charge is 0.486 e. The van der Waals surface area contributed by atoms with Gasteiger partial charge in [-0.05, 0) is 35.1 Å². The van der Waals surface area contributed by atoms with Gasteiger partial charge in [-0.15, -0.1) is 11.3 Å². The molecule has 3 aliphatic rings. The number of hydrogen-bond donors (Lipinski definition) is 0. The third-order valence-corrected chi connectivity index (χ3v) is 7.14. The van der Waals surface area contributed by atoms with Crippen LogP contribution < -0.4 is 14.4 Å². The number of benzene rings is 2. The van der Waals surface area contributed by atoms with E-state index in [1.165, 1.54) is 16.0 Å². The van der Waals surface area contributed by atoms with E-state index in [1.807, 2.05) is 18.2 Å². The molecule has 156 valence electrons. The van der Waals surface area contributed by atoms with Crippen LogP contribution in [0.3, 0.4) is 0 Å². The van der Waals surface area contributed by atoms with Crippen LogP contribution in [0.5, 0.6) is 11.5 Å². The molecule has 6 nitrogen and oxygen atoms in total. The van der Waals surface area contributed by atoms with E-state index in [2.05, 4.69) is 28.5 Å². The van der Waals surface area contributed by atoms with Crippen LogP contribution in [0.15, 0.2) is 53.9 Å². The van der Waals surface area contributed by atoms with Gasteiger partial charge in [-0.1, -0.05) is 30.3 Å². The standard InChI is InChI=1S/C24H20N2O4S/c27-23-17-12-19-20(30-10-9-29-19)13-18(17)26(24(23)28)14-25-8-6-21-16(7-11-31-21)22(25)15-4-2-1-3-5-15/h1-5,7,11-13,22H,6,8-10,14H2. The molecule has 2 aromatic carbocycles. The van der Waals surface area contributed by atoms with Crippen molar-refractivity contribution in [2.75, 3.05) is 31.3 Å². The molecular formula is C24H20N2O4S. The molecule has 1 atom stereocenters. The molecule has 7 heteroatoms. The second-order valence-electron chi connectivity index (χ2n) is 7.89. The minimum absolute atomic E-state index is 0.0420. The normalized spacial score (nSPS) is 20.0. The van der Waals surface area contributed by atoms with Gasteiger partial charge >= 0.3 is 5.91 Å². The summed E-state index contributed by atoms with van der Waals surface area (Å²) in [5.41, 5.74) is 3.45. The van der Waals surface area contributed by atoms with Crippen molar-refractivity contribution in [3.63, 3.8) is 0 Å². The second kappa shape index (κ2) is 7.21. The van der Waals surface area contributed by atoms with Crippen molar-refractivity contribution >= 4 is 28.7 Å². The number of Topliss-reactive ketones (excluding diaryl/α,β-unsaturated/α-hetero) is 1. The van der Waals surface area contributed by atoms with E-state index < -0.39 is 11.7 Å². The smallest absolute Gasteiger partial charge is 0.300 e. The third kappa shape index (κ3) is 2.96. The molecule has 0 N–H and O–H groups in total. The molecule has 1 aromatic heterocycles. The maximum atomic E-state index is 13.0. The average molecular weight is 433 g/mol. The molecule has 31 heavy (non-hydrogen) atoms. The number of fused-ring (bicyclic) bond motifs is 3. The summed E-state index contributed by atoms with van der Waals surface area (Å²) in [7, 11) is 0. The van der Waals surface area contributed by atoms with Gasteiger partial charge in [-0.3, -0.25) is 19.4 Å². The Kier molecular flexibility index (Phi) is 4.33. The fraction of sp³-hybridized carbons (Fsp3) is 0.250. The molecule has 0 radical (unpaired) electrons. The van der Waals surface area contributed by atoms with Crippen molar-refractivity contribution < 1.29 is 19.1 Å². The average Bonchev–Trinajstić information content (AvgIpc) is 3.37. The zero-order valence-electron chi connectivity index (χ0n) is 16.7. The Bertz CT molecular complexity index is 1190. The van der Waals surface area contributed by atoms with E-state index in [9.17, 15) is 9.59 Å². The highest BCUT2D eigenvalue weighted by molar-refractivity contribution is 7.10. The molecule has 0 aliphatic carbocycles. The number of amides is 1. The molecule has 1 amide bonds. The molecule has 6 rings (SSSR count). The van der Waals surface area contributed by atoms with Crippen molar-refractivity contribution in [3.8, 4) is 11.5 Å². The fourth-order valence-corrected chi connectivity index (χ4v) is 5.60. The molecule has 0 saturated heterocycles. The van der Waals surface area contributed by atoms with E-state index in [-0.39, 0.29) is 6.04 Å². The Morgan fingerprint density at radius 3 is 2.58 bits per heavy atom. The summed E-state index contributed by atoms with van der Waals surface area (Å²) in [6.07, 6.45) is 0.931. The summed E-state index contributed by atoms with van der Waals surface area (Å²) in [6.45, 7) is 2.04. The number of rotatable bonds is 3. The lowest BCUT2D eigenvalue weighted by Crippen LogP contribution is -2.45. The Balaban J connectivity index is 1.38. The number of carbonyl (C=O) groups excluding carboxylic acids is 2. The number of carbonyl (C=O) groups is 2. The van der Waals surface area contributed by atoms with Gasteiger partial charge in [0.05, 0.1) is 24.0 Å². The number of nitrogens with zero attached hydrogens (tertiary/aromatic N) is 2. The van der Waals surface area contributed by atoms with Gasteiger partial charge in [-0.25, -0.2) is 0 Å². The van der Waals surface area contributed by atoms with Crippen molar-refractivity contribution in [2.45, 2.75) is 12.5 Å². The predicted octanol–water partition coefficient (Wildman–Crippen LogP) is 3.65. The van der Waals surface area contributed by atoms with E-state index in [0.717, 1.165) is 13.0 Å². The van der Waals surface area contributed by atoms with E-state index >= 15 is 0 Å². The zero-order chi connectivity index (χ0) is 20.9. The van der Waals surface area contributed by atoms with E-state index in [1.54, 1.807) is 28.4 Å². The summed E-state index contributed by atoms with van der Waals surface area (Å²) in [4.78, 5) is 30.9. The van der Waals surface area contributed by atoms with Crippen molar-refractivity contribution in [2.24, 2.45) is 0 Å². The van der Waals surface area contributed by atoms with Crippen LogP contribution in [0.25, 0.3) is 0 Å². The topological polar surface area (TPSA) is 59.1 Å². The minimum atomic E-state index is -0.500. The van der Waals surface area contributed by atoms with Gasteiger partial charge in [0.15, 0.2) is 11.5 Å². The first-order valence-corrected chi connectivity index (χ1v) is 11.2. The van der Waals surface area contributed by atoms with Crippen LogP contribution in [0.2, 0.25) is 0 Å². The summed E-state index contributed by atoms with van der Waals surface area (Å²) in [6, 6.07) is 16.0. The molecule has 0 spiro atoms. The van der Waals surface area contributed by atoms with Crippen molar-refractivity contribution in [3.05, 3.63) is 75.5 Å². The Morgan fingerprint density at radius 1 is 1.00 bits per heavy atom. The van der Waals surface area contributed by atoms with Crippen LogP contribution in [-0.2, 0) is 11.2 Å². The first-order chi connectivity index (χ1) is 15.2. The summed E-state index contributed by atoms with van der Waals surface area (Å²) < 4.78 is 11.3. The number of anilines is 1. The highest BCUT2D eigenvalue weighted by Gasteiger charge is 2.40. The predicted molar refractivity (Wildman–Crippen MR) is 117 cm³/mol. The molecule has 4 heterocycles. The quantitative estimate of drug-likeness (QED) is 0.592. The Morgan fingerprint density at radius 2 is 1.77 bits per heavy atom. The van der Waals surface area contributed by atoms with Crippen LogP contribution in [0.1, 0.15) is 32.4 Å². The van der Waals surface area contributed by atoms with Gasteiger partial charge in [0.1, 0.15) is 13.2 Å². The maximum absolute atomic E-state index is 13.0. The van der Waals surface area contributed by atoms with E-state index in [0.29, 0.717) is 42.6 Å². The van der Waals surface area contributed by atoms with Gasteiger partial charge in [0, 0.05) is 17.5 Å². The van der Waals surface area contributed by atoms with Gasteiger partial charge in [-0.2, -0.15) is 0 Å². The molecule has 3 aliphatic heterocycles. The molecule has 0 saturated carbocycles. The lowest BCUT2D eigenvalue weighted by Gasteiger charge is -2.38. The maximum Gasteiger partial charge on any atom is 0.300 e. The van der Waals surface area contributed by atoms with Crippen LogP contribution >= 0.6 is 11.3 Å². The third-order valence-electron chi connectivity index (χ3n) is 6.14. The highest BCUT2D eigenvalue weighted by atomic mass is 32.1. The van der Waals surface area contributed by atoms with E-state index in [4.69, 9.17) is 9.47 Å². The molecule has 0 bridgehead atoms. The Hall–Kier alpha value is -3.16. The summed E-state index contributed by atoms with van der Waals surface area (Å²) in [5, 5.41) is 2.13.